The molecular weight excluding hydrogens is 380 g/mol. The van der Waals surface area contributed by atoms with Gasteiger partial charge >= 0.3 is 0 Å². The van der Waals surface area contributed by atoms with Crippen LogP contribution in [0.5, 0.6) is 0 Å². The largest absolute Gasteiger partial charge is 0.388 e. The minimum Gasteiger partial charge on any atom is -0.388 e. The van der Waals surface area contributed by atoms with E-state index in [1.165, 1.54) is 0 Å². The first kappa shape index (κ1) is 21.8. The first-order valence-corrected chi connectivity index (χ1v) is 10.2. The van der Waals surface area contributed by atoms with Gasteiger partial charge in [-0.3, -0.25) is 0 Å². The molecule has 0 spiro atoms. The topological polar surface area (TPSA) is 126 Å². The molecule has 162 valence electrons. The summed E-state index contributed by atoms with van der Waals surface area (Å²) in [6.07, 6.45) is 2.14. The molecule has 1 aromatic carbocycles. The van der Waals surface area contributed by atoms with E-state index in [0.29, 0.717) is 18.5 Å². The highest BCUT2D eigenvalue weighted by Crippen LogP contribution is 2.30. The molecule has 7 N–H and O–H groups in total. The van der Waals surface area contributed by atoms with Crippen LogP contribution >= 0.6 is 0 Å². The van der Waals surface area contributed by atoms with Crippen molar-refractivity contribution in [3.8, 4) is 11.3 Å². The number of benzene rings is 1. The van der Waals surface area contributed by atoms with E-state index in [9.17, 15) is 0 Å². The average Bonchev–Trinajstić information content (AvgIpc) is 2.81. The molecule has 9 heteroatoms. The number of nitrogens with two attached hydrogens (primary N) is 2. The van der Waals surface area contributed by atoms with Gasteiger partial charge in [-0.2, -0.15) is 5.10 Å². The first-order valence-electron chi connectivity index (χ1n) is 10.2. The Hall–Kier alpha value is -2.88. The summed E-state index contributed by atoms with van der Waals surface area (Å²) in [6, 6.07) is 12.3. The summed E-state index contributed by atoms with van der Waals surface area (Å²) in [4.78, 5) is 7.39. The van der Waals surface area contributed by atoms with Gasteiger partial charge in [0.05, 0.1) is 12.3 Å². The standard InChI is InChI=1S/C21H32N8O/c1-24-15-13-19(17-5-3-4-6-18(17)21(27-22)28-23)26-20(14-15)29(11-12-30-2)16-7-9-25-10-8-16/h3-6,13-14,16,25H,7-12,22-23H2,1-2H3,(H,24,26)(H,27,28). The second-order valence-corrected chi connectivity index (χ2v) is 7.18. The van der Waals surface area contributed by atoms with Crippen molar-refractivity contribution in [1.29, 1.82) is 0 Å². The van der Waals surface area contributed by atoms with Gasteiger partial charge in [0.2, 0.25) is 0 Å². The number of methoxy groups -OCH3 is 1. The summed E-state index contributed by atoms with van der Waals surface area (Å²) in [5.41, 5.74) is 6.06. The number of hydrazine groups is 1. The molecule has 0 aliphatic carbocycles. The predicted octanol–water partition coefficient (Wildman–Crippen LogP) is 1.08. The van der Waals surface area contributed by atoms with Gasteiger partial charge in [-0.05, 0) is 32.0 Å². The van der Waals surface area contributed by atoms with Gasteiger partial charge in [0, 0.05) is 49.6 Å². The lowest BCUT2D eigenvalue weighted by Gasteiger charge is -2.36. The molecule has 0 amide bonds. The fourth-order valence-corrected chi connectivity index (χ4v) is 3.84. The molecule has 30 heavy (non-hydrogen) atoms. The van der Waals surface area contributed by atoms with Crippen LogP contribution < -0.4 is 32.6 Å². The molecule has 1 aliphatic rings. The third kappa shape index (κ3) is 4.99. The molecule has 1 aromatic heterocycles. The van der Waals surface area contributed by atoms with E-state index in [-0.39, 0.29) is 0 Å². The molecule has 1 aliphatic heterocycles. The van der Waals surface area contributed by atoms with E-state index in [4.69, 9.17) is 21.4 Å². The van der Waals surface area contributed by atoms with Gasteiger partial charge in [-0.15, -0.1) is 0 Å². The van der Waals surface area contributed by atoms with E-state index < -0.39 is 0 Å². The fourth-order valence-electron chi connectivity index (χ4n) is 3.84. The van der Waals surface area contributed by atoms with Crippen molar-refractivity contribution in [2.45, 2.75) is 18.9 Å². The fraction of sp³-hybridized carbons (Fsp3) is 0.429. The summed E-state index contributed by atoms with van der Waals surface area (Å²) in [6.45, 7) is 3.44. The number of hydrazone groups is 1. The van der Waals surface area contributed by atoms with Crippen LogP contribution in [0.3, 0.4) is 0 Å². The zero-order chi connectivity index (χ0) is 21.3. The van der Waals surface area contributed by atoms with Crippen LogP contribution in [0.25, 0.3) is 11.3 Å². The van der Waals surface area contributed by atoms with Crippen molar-refractivity contribution >= 4 is 17.3 Å². The molecule has 0 unspecified atom stereocenters. The Labute approximate surface area is 177 Å². The van der Waals surface area contributed by atoms with Crippen LogP contribution in [0.2, 0.25) is 0 Å². The summed E-state index contributed by atoms with van der Waals surface area (Å²) in [5, 5.41) is 10.5. The van der Waals surface area contributed by atoms with E-state index >= 15 is 0 Å². The molecule has 0 atom stereocenters. The number of nitrogens with one attached hydrogen (secondary N) is 3. The quantitative estimate of drug-likeness (QED) is 0.189. The Morgan fingerprint density at radius 2 is 2.07 bits per heavy atom. The Balaban J connectivity index is 2.07. The van der Waals surface area contributed by atoms with Gasteiger partial charge in [-0.1, -0.05) is 24.3 Å². The van der Waals surface area contributed by atoms with E-state index in [1.54, 1.807) is 7.11 Å². The number of amidine groups is 1. The second kappa shape index (κ2) is 10.8. The van der Waals surface area contributed by atoms with Crippen molar-refractivity contribution in [3.05, 3.63) is 42.0 Å². The highest BCUT2D eigenvalue weighted by Gasteiger charge is 2.23. The van der Waals surface area contributed by atoms with Gasteiger partial charge in [0.15, 0.2) is 5.84 Å². The number of ether oxygens (including phenoxy) is 1. The van der Waals surface area contributed by atoms with Crippen LogP contribution in [0, 0.1) is 0 Å². The first-order chi connectivity index (χ1) is 14.7. The Morgan fingerprint density at radius 3 is 2.73 bits per heavy atom. The van der Waals surface area contributed by atoms with Crippen molar-refractivity contribution in [2.24, 2.45) is 16.8 Å². The summed E-state index contributed by atoms with van der Waals surface area (Å²) < 4.78 is 5.38. The molecule has 3 rings (SSSR count). The summed E-state index contributed by atoms with van der Waals surface area (Å²) >= 11 is 0. The maximum Gasteiger partial charge on any atom is 0.167 e. The van der Waals surface area contributed by atoms with Crippen LogP contribution in [-0.4, -0.2) is 57.3 Å². The van der Waals surface area contributed by atoms with Crippen LogP contribution in [0.4, 0.5) is 11.5 Å². The lowest BCUT2D eigenvalue weighted by Crippen LogP contribution is -2.45. The van der Waals surface area contributed by atoms with Crippen molar-refractivity contribution < 1.29 is 4.74 Å². The third-order valence-electron chi connectivity index (χ3n) is 5.40. The summed E-state index contributed by atoms with van der Waals surface area (Å²) in [5.74, 6) is 12.5. The minimum absolute atomic E-state index is 0.401. The number of hydrogen-bond acceptors (Lipinski definition) is 8. The molecule has 9 nitrogen and oxygen atoms in total. The molecule has 1 saturated heterocycles. The molecule has 1 fully saturated rings. The minimum atomic E-state index is 0.401. The molecule has 0 radical (unpaired) electrons. The second-order valence-electron chi connectivity index (χ2n) is 7.18. The van der Waals surface area contributed by atoms with Gasteiger partial charge in [0.1, 0.15) is 5.82 Å². The number of hydrogen-bond donors (Lipinski definition) is 5. The lowest BCUT2D eigenvalue weighted by molar-refractivity contribution is 0.201. The number of anilines is 2. The lowest BCUT2D eigenvalue weighted by atomic mass is 10.0. The molecule has 2 heterocycles. The van der Waals surface area contributed by atoms with Crippen molar-refractivity contribution in [2.75, 3.05) is 50.6 Å². The van der Waals surface area contributed by atoms with Gasteiger partial charge in [-0.25, -0.2) is 10.8 Å². The number of pyridine rings is 1. The third-order valence-corrected chi connectivity index (χ3v) is 5.40. The van der Waals surface area contributed by atoms with Crippen LogP contribution in [0.15, 0.2) is 41.5 Å². The summed E-state index contributed by atoms with van der Waals surface area (Å²) in [7, 11) is 3.64. The zero-order valence-electron chi connectivity index (χ0n) is 17.7. The number of aromatic nitrogens is 1. The van der Waals surface area contributed by atoms with Gasteiger partial charge < -0.3 is 31.5 Å². The maximum atomic E-state index is 5.63. The molecule has 0 saturated carbocycles. The highest BCUT2D eigenvalue weighted by molar-refractivity contribution is 6.03. The van der Waals surface area contributed by atoms with Crippen LogP contribution in [0.1, 0.15) is 18.4 Å². The van der Waals surface area contributed by atoms with E-state index in [2.05, 4.69) is 32.1 Å². The normalized spacial score (nSPS) is 15.1. The van der Waals surface area contributed by atoms with E-state index in [1.807, 2.05) is 37.4 Å². The molecule has 2 aromatic rings. The average molecular weight is 413 g/mol. The number of nitrogens with zero attached hydrogens (tertiary/aromatic N) is 3. The molecular formula is C21H32N8O. The van der Waals surface area contributed by atoms with Crippen LogP contribution in [-0.2, 0) is 4.74 Å². The van der Waals surface area contributed by atoms with Gasteiger partial charge in [0.25, 0.3) is 0 Å². The highest BCUT2D eigenvalue weighted by atomic mass is 16.5. The Kier molecular flexibility index (Phi) is 7.83. The smallest absolute Gasteiger partial charge is 0.167 e. The van der Waals surface area contributed by atoms with Crippen molar-refractivity contribution in [1.82, 2.24) is 15.7 Å². The van der Waals surface area contributed by atoms with E-state index in [0.717, 1.165) is 60.8 Å². The maximum absolute atomic E-state index is 5.63. The zero-order valence-corrected chi connectivity index (χ0v) is 17.7. The molecule has 0 bridgehead atoms. The number of piperidine rings is 1. The Bertz CT molecular complexity index is 851. The SMILES string of the molecule is CNc1cc(-c2ccccc2/C(=N/N)NN)nc(N(CCOC)C2CCNCC2)c1. The predicted molar refractivity (Wildman–Crippen MR) is 122 cm³/mol. The monoisotopic (exact) mass is 412 g/mol. The number of rotatable bonds is 8. The van der Waals surface area contributed by atoms with Crippen molar-refractivity contribution in [3.63, 3.8) is 0 Å². The Morgan fingerprint density at radius 1 is 1.30 bits per heavy atom.